The maximum absolute atomic E-state index is 13.6. The van der Waals surface area contributed by atoms with Crippen LogP contribution in [0.1, 0.15) is 11.1 Å². The summed E-state index contributed by atoms with van der Waals surface area (Å²) in [5.74, 6) is 0. The van der Waals surface area contributed by atoms with Crippen molar-refractivity contribution in [1.29, 1.82) is 5.26 Å². The Morgan fingerprint density at radius 2 is 1.97 bits per heavy atom. The maximum Gasteiger partial charge on any atom is 0.345 e. The van der Waals surface area contributed by atoms with E-state index in [0.29, 0.717) is 5.56 Å². The molecule has 0 bridgehead atoms. The van der Waals surface area contributed by atoms with Gasteiger partial charge in [0.1, 0.15) is 6.07 Å². The topological polar surface area (TPSA) is 103 Å². The standard InChI is InChI=1S/C21H16ClF2N5O3S/c1-13-2-4-16(5-3-13)33(30,31)29-18(8-17-19(22)14(9-25)10-26-20(17)29)15-11-27-28(12-15)6-7-32-21(23)24/h2-5,8,10-12,21H,6-7H2,1H3. The molecule has 0 amide bonds. The molecule has 1 aromatic carbocycles. The Labute approximate surface area is 192 Å². The highest BCUT2D eigenvalue weighted by Crippen LogP contribution is 2.35. The molecule has 0 fully saturated rings. The highest BCUT2D eigenvalue weighted by Gasteiger charge is 2.27. The lowest BCUT2D eigenvalue weighted by molar-refractivity contribution is -0.130. The molecule has 0 aliphatic rings. The first-order valence-corrected chi connectivity index (χ1v) is 11.4. The fourth-order valence-electron chi connectivity index (χ4n) is 3.29. The summed E-state index contributed by atoms with van der Waals surface area (Å²) in [5.41, 5.74) is 1.62. The second-order valence-corrected chi connectivity index (χ2v) is 9.24. The normalized spacial score (nSPS) is 11.9. The largest absolute Gasteiger partial charge is 0.345 e. The Kier molecular flexibility index (Phi) is 6.16. The van der Waals surface area contributed by atoms with E-state index in [0.717, 1.165) is 9.54 Å². The molecule has 0 saturated carbocycles. The van der Waals surface area contributed by atoms with Crippen LogP contribution in [0.2, 0.25) is 5.02 Å². The summed E-state index contributed by atoms with van der Waals surface area (Å²) in [6.45, 7) is -1.30. The molecule has 170 valence electrons. The van der Waals surface area contributed by atoms with E-state index in [1.165, 1.54) is 41.5 Å². The van der Waals surface area contributed by atoms with Gasteiger partial charge >= 0.3 is 6.61 Å². The van der Waals surface area contributed by atoms with Crippen molar-refractivity contribution in [2.45, 2.75) is 25.0 Å². The van der Waals surface area contributed by atoms with Crippen LogP contribution in [0, 0.1) is 18.3 Å². The van der Waals surface area contributed by atoms with Gasteiger partial charge in [-0.05, 0) is 25.1 Å². The summed E-state index contributed by atoms with van der Waals surface area (Å²) in [5, 5.41) is 13.7. The number of hydrogen-bond acceptors (Lipinski definition) is 6. The van der Waals surface area contributed by atoms with Crippen molar-refractivity contribution in [1.82, 2.24) is 18.7 Å². The monoisotopic (exact) mass is 491 g/mol. The summed E-state index contributed by atoms with van der Waals surface area (Å²) >= 11 is 6.36. The number of nitriles is 1. The van der Waals surface area contributed by atoms with E-state index < -0.39 is 16.6 Å². The number of benzene rings is 1. The van der Waals surface area contributed by atoms with Gasteiger partial charge in [0.05, 0.1) is 40.5 Å². The molecule has 3 aromatic heterocycles. The van der Waals surface area contributed by atoms with Gasteiger partial charge in [0.2, 0.25) is 0 Å². The van der Waals surface area contributed by atoms with Crippen LogP contribution >= 0.6 is 11.6 Å². The second-order valence-electron chi connectivity index (χ2n) is 7.07. The van der Waals surface area contributed by atoms with Gasteiger partial charge in [-0.15, -0.1) is 0 Å². The Morgan fingerprint density at radius 3 is 2.64 bits per heavy atom. The first-order valence-electron chi connectivity index (χ1n) is 9.57. The number of halogens is 3. The van der Waals surface area contributed by atoms with Crippen LogP contribution in [-0.2, 0) is 21.3 Å². The van der Waals surface area contributed by atoms with Gasteiger partial charge in [-0.1, -0.05) is 29.3 Å². The van der Waals surface area contributed by atoms with Crippen LogP contribution in [-0.4, -0.2) is 40.4 Å². The molecule has 3 heterocycles. The molecule has 0 aliphatic carbocycles. The van der Waals surface area contributed by atoms with E-state index >= 15 is 0 Å². The average Bonchev–Trinajstić information content (AvgIpc) is 3.39. The Morgan fingerprint density at radius 1 is 1.24 bits per heavy atom. The molecule has 4 rings (SSSR count). The summed E-state index contributed by atoms with van der Waals surface area (Å²) in [7, 11) is -4.12. The number of ether oxygens (including phenoxy) is 1. The van der Waals surface area contributed by atoms with Crippen LogP contribution in [0.15, 0.2) is 53.8 Å². The van der Waals surface area contributed by atoms with Gasteiger partial charge in [0, 0.05) is 23.3 Å². The summed E-state index contributed by atoms with van der Waals surface area (Å²) in [4.78, 5) is 4.22. The summed E-state index contributed by atoms with van der Waals surface area (Å²) < 4.78 is 58.3. The molecule has 4 aromatic rings. The number of hydrogen-bond donors (Lipinski definition) is 0. The van der Waals surface area contributed by atoms with Crippen molar-refractivity contribution in [3.8, 4) is 17.3 Å². The molecule has 0 atom stereocenters. The third kappa shape index (κ3) is 4.32. The number of alkyl halides is 2. The molecule has 33 heavy (non-hydrogen) atoms. The zero-order chi connectivity index (χ0) is 23.8. The maximum atomic E-state index is 13.6. The van der Waals surface area contributed by atoms with Crippen molar-refractivity contribution in [2.75, 3.05) is 6.61 Å². The lowest BCUT2D eigenvalue weighted by Crippen LogP contribution is -2.14. The van der Waals surface area contributed by atoms with Crippen molar-refractivity contribution in [2.24, 2.45) is 0 Å². The van der Waals surface area contributed by atoms with E-state index in [9.17, 15) is 22.5 Å². The molecule has 0 saturated heterocycles. The van der Waals surface area contributed by atoms with E-state index in [4.69, 9.17) is 11.6 Å². The van der Waals surface area contributed by atoms with E-state index in [-0.39, 0.29) is 45.4 Å². The molecule has 0 N–H and O–H groups in total. The number of nitrogens with zero attached hydrogens (tertiary/aromatic N) is 5. The quantitative estimate of drug-likeness (QED) is 0.383. The minimum absolute atomic E-state index is 0.0341. The zero-order valence-corrected chi connectivity index (χ0v) is 18.7. The predicted octanol–water partition coefficient (Wildman–Crippen LogP) is 4.21. The minimum Gasteiger partial charge on any atom is -0.321 e. The van der Waals surface area contributed by atoms with Crippen LogP contribution in [0.3, 0.4) is 0 Å². The minimum atomic E-state index is -4.12. The smallest absolute Gasteiger partial charge is 0.321 e. The molecular formula is C21H16ClF2N5O3S. The predicted molar refractivity (Wildman–Crippen MR) is 116 cm³/mol. The molecule has 12 heteroatoms. The molecule has 0 radical (unpaired) electrons. The molecular weight excluding hydrogens is 476 g/mol. The number of aryl methyl sites for hydroxylation is 1. The molecule has 0 aliphatic heterocycles. The van der Waals surface area contributed by atoms with E-state index in [2.05, 4.69) is 14.8 Å². The lowest BCUT2D eigenvalue weighted by Gasteiger charge is -2.11. The second kappa shape index (κ2) is 8.90. The third-order valence-electron chi connectivity index (χ3n) is 4.89. The van der Waals surface area contributed by atoms with Crippen LogP contribution < -0.4 is 0 Å². The fourth-order valence-corrected chi connectivity index (χ4v) is 5.00. The molecule has 0 unspecified atom stereocenters. The summed E-state index contributed by atoms with van der Waals surface area (Å²) in [6.07, 6.45) is 4.11. The fraction of sp³-hybridized carbons (Fsp3) is 0.190. The average molecular weight is 492 g/mol. The molecule has 8 nitrogen and oxygen atoms in total. The first kappa shape index (κ1) is 22.8. The highest BCUT2D eigenvalue weighted by molar-refractivity contribution is 7.90. The Balaban J connectivity index is 1.89. The van der Waals surface area contributed by atoms with Gasteiger partial charge in [0.15, 0.2) is 5.65 Å². The van der Waals surface area contributed by atoms with Gasteiger partial charge in [0.25, 0.3) is 10.0 Å². The first-order chi connectivity index (χ1) is 15.7. The third-order valence-corrected chi connectivity index (χ3v) is 7.02. The van der Waals surface area contributed by atoms with Gasteiger partial charge < -0.3 is 4.74 Å². The molecule has 0 spiro atoms. The zero-order valence-electron chi connectivity index (χ0n) is 17.1. The number of fused-ring (bicyclic) bond motifs is 1. The Hall–Kier alpha value is -3.33. The SMILES string of the molecule is Cc1ccc(S(=O)(=O)n2c(-c3cnn(CCOC(F)F)c3)cc3c(Cl)c(C#N)cnc32)cc1. The number of pyridine rings is 1. The van der Waals surface area contributed by atoms with Crippen molar-refractivity contribution in [3.63, 3.8) is 0 Å². The van der Waals surface area contributed by atoms with Crippen LogP contribution in [0.5, 0.6) is 0 Å². The number of aromatic nitrogens is 4. The van der Waals surface area contributed by atoms with Gasteiger partial charge in [-0.2, -0.15) is 19.1 Å². The summed E-state index contributed by atoms with van der Waals surface area (Å²) in [6, 6.07) is 9.75. The Bertz CT molecular complexity index is 1470. The van der Waals surface area contributed by atoms with Crippen molar-refractivity contribution >= 4 is 32.7 Å². The van der Waals surface area contributed by atoms with Crippen molar-refractivity contribution in [3.05, 3.63) is 65.1 Å². The lowest BCUT2D eigenvalue weighted by atomic mass is 10.2. The van der Waals surface area contributed by atoms with Crippen LogP contribution in [0.4, 0.5) is 8.78 Å². The van der Waals surface area contributed by atoms with Crippen molar-refractivity contribution < 1.29 is 21.9 Å². The van der Waals surface area contributed by atoms with E-state index in [1.807, 2.05) is 13.0 Å². The van der Waals surface area contributed by atoms with Crippen LogP contribution in [0.25, 0.3) is 22.3 Å². The van der Waals surface area contributed by atoms with Gasteiger partial charge in [-0.3, -0.25) is 4.68 Å². The highest BCUT2D eigenvalue weighted by atomic mass is 35.5. The van der Waals surface area contributed by atoms with Gasteiger partial charge in [-0.25, -0.2) is 17.4 Å². The number of rotatable bonds is 7. The van der Waals surface area contributed by atoms with E-state index in [1.54, 1.807) is 12.1 Å².